The summed E-state index contributed by atoms with van der Waals surface area (Å²) >= 11 is 0. The number of ether oxygens (including phenoxy) is 1. The highest BCUT2D eigenvalue weighted by molar-refractivity contribution is 5.85. The number of Topliss-reactive ketones (excluding diaryl/α,β-unsaturated/α-hetero) is 1. The fourth-order valence-electron chi connectivity index (χ4n) is 1.91. The molecule has 20 heavy (non-hydrogen) atoms. The van der Waals surface area contributed by atoms with E-state index < -0.39 is 0 Å². The van der Waals surface area contributed by atoms with Crippen LogP contribution in [0.5, 0.6) is 5.75 Å². The fourth-order valence-corrected chi connectivity index (χ4v) is 1.91. The van der Waals surface area contributed by atoms with E-state index >= 15 is 0 Å². The topological polar surface area (TPSA) is 29.5 Å². The first kappa shape index (κ1) is 18.9. The van der Waals surface area contributed by atoms with Gasteiger partial charge in [-0.2, -0.15) is 0 Å². The van der Waals surface area contributed by atoms with Crippen molar-refractivity contribution >= 4 is 18.2 Å². The SMILES string of the molecule is CCN(CC)CCOc1ccc(CCC(C)=O)cc1.Cl. The number of ketones is 1. The Hall–Kier alpha value is -1.06. The molecule has 1 aromatic carbocycles. The quantitative estimate of drug-likeness (QED) is 0.700. The summed E-state index contributed by atoms with van der Waals surface area (Å²) in [5.74, 6) is 1.14. The molecule has 0 saturated heterocycles. The number of hydrogen-bond donors (Lipinski definition) is 0. The molecule has 0 spiro atoms. The molecule has 0 aliphatic rings. The maximum atomic E-state index is 10.9. The van der Waals surface area contributed by atoms with Crippen LogP contribution in [0.15, 0.2) is 24.3 Å². The summed E-state index contributed by atoms with van der Waals surface area (Å²) in [5, 5.41) is 0. The van der Waals surface area contributed by atoms with E-state index in [1.54, 1.807) is 6.92 Å². The van der Waals surface area contributed by atoms with Crippen LogP contribution in [-0.2, 0) is 11.2 Å². The lowest BCUT2D eigenvalue weighted by Gasteiger charge is -2.18. The monoisotopic (exact) mass is 299 g/mol. The molecule has 1 aromatic rings. The second-order valence-corrected chi connectivity index (χ2v) is 4.72. The lowest BCUT2D eigenvalue weighted by molar-refractivity contribution is -0.116. The number of halogens is 1. The molecule has 4 heteroatoms. The summed E-state index contributed by atoms with van der Waals surface area (Å²) in [4.78, 5) is 13.3. The molecular formula is C16H26ClNO2. The van der Waals surface area contributed by atoms with Gasteiger partial charge in [-0.3, -0.25) is 0 Å². The highest BCUT2D eigenvalue weighted by Gasteiger charge is 2.01. The fraction of sp³-hybridized carbons (Fsp3) is 0.562. The number of carbonyl (C=O) groups is 1. The molecule has 0 atom stereocenters. The summed E-state index contributed by atoms with van der Waals surface area (Å²) in [6.07, 6.45) is 1.43. The van der Waals surface area contributed by atoms with Crippen molar-refractivity contribution in [1.82, 2.24) is 4.90 Å². The van der Waals surface area contributed by atoms with Crippen LogP contribution in [0.25, 0.3) is 0 Å². The van der Waals surface area contributed by atoms with E-state index in [1.807, 2.05) is 24.3 Å². The van der Waals surface area contributed by atoms with E-state index in [9.17, 15) is 4.79 Å². The van der Waals surface area contributed by atoms with E-state index in [0.29, 0.717) is 13.0 Å². The Morgan fingerprint density at radius 3 is 2.25 bits per heavy atom. The van der Waals surface area contributed by atoms with Gasteiger partial charge < -0.3 is 14.4 Å². The Morgan fingerprint density at radius 2 is 1.75 bits per heavy atom. The van der Waals surface area contributed by atoms with Crippen LogP contribution in [0.4, 0.5) is 0 Å². The lowest BCUT2D eigenvalue weighted by atomic mass is 10.1. The molecule has 0 amide bonds. The Balaban J connectivity index is 0.00000361. The zero-order chi connectivity index (χ0) is 14.1. The van der Waals surface area contributed by atoms with Crippen molar-refractivity contribution in [3.05, 3.63) is 29.8 Å². The molecule has 3 nitrogen and oxygen atoms in total. The van der Waals surface area contributed by atoms with E-state index in [-0.39, 0.29) is 18.2 Å². The zero-order valence-electron chi connectivity index (χ0n) is 12.7. The van der Waals surface area contributed by atoms with E-state index in [0.717, 1.165) is 31.8 Å². The van der Waals surface area contributed by atoms with E-state index in [2.05, 4.69) is 18.7 Å². The van der Waals surface area contributed by atoms with Crippen LogP contribution < -0.4 is 4.74 Å². The molecule has 0 heterocycles. The number of rotatable bonds is 9. The van der Waals surface area contributed by atoms with Crippen LogP contribution in [0.2, 0.25) is 0 Å². The van der Waals surface area contributed by atoms with E-state index in [4.69, 9.17) is 4.74 Å². The van der Waals surface area contributed by atoms with Crippen LogP contribution in [0.1, 0.15) is 32.8 Å². The molecule has 114 valence electrons. The number of nitrogens with zero attached hydrogens (tertiary/aromatic N) is 1. The normalized spacial score (nSPS) is 10.2. The number of carbonyl (C=O) groups excluding carboxylic acids is 1. The van der Waals surface area contributed by atoms with E-state index in [1.165, 1.54) is 5.56 Å². The molecule has 0 aromatic heterocycles. The maximum Gasteiger partial charge on any atom is 0.130 e. The molecule has 0 N–H and O–H groups in total. The summed E-state index contributed by atoms with van der Waals surface area (Å²) in [5.41, 5.74) is 1.19. The first-order valence-electron chi connectivity index (χ1n) is 7.09. The number of benzene rings is 1. The molecule has 0 bridgehead atoms. The standard InChI is InChI=1S/C16H25NO2.ClH/c1-4-17(5-2)12-13-19-16-10-8-15(9-11-16)7-6-14(3)18;/h8-11H,4-7,12-13H2,1-3H3;1H. The van der Waals surface area contributed by atoms with Crippen LogP contribution >= 0.6 is 12.4 Å². The number of hydrogen-bond acceptors (Lipinski definition) is 3. The van der Waals surface area contributed by atoms with Gasteiger partial charge >= 0.3 is 0 Å². The van der Waals surface area contributed by atoms with Crippen molar-refractivity contribution in [2.24, 2.45) is 0 Å². The third-order valence-corrected chi connectivity index (χ3v) is 3.26. The molecule has 0 aliphatic heterocycles. The Kier molecular flexibility index (Phi) is 10.1. The number of aryl methyl sites for hydroxylation is 1. The minimum absolute atomic E-state index is 0. The van der Waals surface area contributed by atoms with Crippen molar-refractivity contribution in [3.8, 4) is 5.75 Å². The maximum absolute atomic E-state index is 10.9. The Morgan fingerprint density at radius 1 is 1.15 bits per heavy atom. The van der Waals surface area contributed by atoms with Crippen molar-refractivity contribution in [2.75, 3.05) is 26.2 Å². The highest BCUT2D eigenvalue weighted by atomic mass is 35.5. The zero-order valence-corrected chi connectivity index (χ0v) is 13.5. The van der Waals surface area contributed by atoms with Gasteiger partial charge in [0, 0.05) is 13.0 Å². The molecule has 0 radical (unpaired) electrons. The summed E-state index contributed by atoms with van der Waals surface area (Å²) in [6.45, 7) is 9.74. The highest BCUT2D eigenvalue weighted by Crippen LogP contribution is 2.13. The summed E-state index contributed by atoms with van der Waals surface area (Å²) < 4.78 is 5.71. The Labute approximate surface area is 128 Å². The predicted molar refractivity (Wildman–Crippen MR) is 86.0 cm³/mol. The molecule has 0 saturated carbocycles. The van der Waals surface area contributed by atoms with Crippen LogP contribution in [-0.4, -0.2) is 36.9 Å². The summed E-state index contributed by atoms with van der Waals surface area (Å²) in [6, 6.07) is 8.04. The van der Waals surface area contributed by atoms with Crippen molar-refractivity contribution in [3.63, 3.8) is 0 Å². The van der Waals surface area contributed by atoms with Gasteiger partial charge in [0.15, 0.2) is 0 Å². The van der Waals surface area contributed by atoms with Gasteiger partial charge in [-0.05, 0) is 44.1 Å². The van der Waals surface area contributed by atoms with Gasteiger partial charge in [-0.1, -0.05) is 26.0 Å². The number of likely N-dealkylation sites (N-methyl/N-ethyl adjacent to an activating group) is 1. The molecule has 0 aliphatic carbocycles. The van der Waals surface area contributed by atoms with Gasteiger partial charge in [0.05, 0.1) is 0 Å². The van der Waals surface area contributed by atoms with Gasteiger partial charge in [0.25, 0.3) is 0 Å². The average molecular weight is 300 g/mol. The third kappa shape index (κ3) is 7.51. The minimum atomic E-state index is 0. The summed E-state index contributed by atoms with van der Waals surface area (Å²) in [7, 11) is 0. The second kappa shape index (κ2) is 10.7. The van der Waals surface area contributed by atoms with Gasteiger partial charge in [-0.15, -0.1) is 12.4 Å². The van der Waals surface area contributed by atoms with Crippen molar-refractivity contribution in [2.45, 2.75) is 33.6 Å². The van der Waals surface area contributed by atoms with Crippen molar-refractivity contribution in [1.29, 1.82) is 0 Å². The second-order valence-electron chi connectivity index (χ2n) is 4.72. The van der Waals surface area contributed by atoms with Gasteiger partial charge in [0.2, 0.25) is 0 Å². The van der Waals surface area contributed by atoms with Gasteiger partial charge in [-0.25, -0.2) is 0 Å². The van der Waals surface area contributed by atoms with Crippen LogP contribution in [0, 0.1) is 0 Å². The smallest absolute Gasteiger partial charge is 0.130 e. The predicted octanol–water partition coefficient (Wildman–Crippen LogP) is 3.35. The minimum Gasteiger partial charge on any atom is -0.492 e. The third-order valence-electron chi connectivity index (χ3n) is 3.26. The van der Waals surface area contributed by atoms with Crippen molar-refractivity contribution < 1.29 is 9.53 Å². The Bertz CT molecular complexity index is 375. The van der Waals surface area contributed by atoms with Gasteiger partial charge in [0.1, 0.15) is 18.1 Å². The molecule has 1 rings (SSSR count). The average Bonchev–Trinajstić information content (AvgIpc) is 2.42. The lowest BCUT2D eigenvalue weighted by Crippen LogP contribution is -2.27. The first-order chi connectivity index (χ1) is 9.15. The molecular weight excluding hydrogens is 274 g/mol. The largest absolute Gasteiger partial charge is 0.492 e. The first-order valence-corrected chi connectivity index (χ1v) is 7.09. The van der Waals surface area contributed by atoms with Crippen LogP contribution in [0.3, 0.4) is 0 Å². The molecule has 0 fully saturated rings. The molecule has 0 unspecified atom stereocenters.